The lowest BCUT2D eigenvalue weighted by atomic mass is 10.1. The first kappa shape index (κ1) is 19.8. The van der Waals surface area contributed by atoms with Crippen molar-refractivity contribution in [1.82, 2.24) is 10.6 Å². The maximum atomic E-state index is 11.9. The second kappa shape index (κ2) is 9.78. The van der Waals surface area contributed by atoms with E-state index in [1.165, 1.54) is 12.8 Å². The molecule has 0 unspecified atom stereocenters. The molecule has 0 aromatic heterocycles. The van der Waals surface area contributed by atoms with Crippen LogP contribution in [-0.4, -0.2) is 24.6 Å². The number of carbonyl (C=O) groups is 1. The SMILES string of the molecule is CCCCCNCc1cc(Cl)ccc1OCC(=O)NC(C)(C)C. The molecule has 130 valence electrons. The minimum atomic E-state index is -0.260. The van der Waals surface area contributed by atoms with Crippen LogP contribution in [0, 0.1) is 0 Å². The molecule has 0 bridgehead atoms. The minimum Gasteiger partial charge on any atom is -0.483 e. The van der Waals surface area contributed by atoms with Crippen LogP contribution < -0.4 is 15.4 Å². The zero-order valence-electron chi connectivity index (χ0n) is 14.7. The lowest BCUT2D eigenvalue weighted by Gasteiger charge is -2.21. The summed E-state index contributed by atoms with van der Waals surface area (Å²) in [6.45, 7) is 9.66. The Morgan fingerprint density at radius 1 is 1.26 bits per heavy atom. The zero-order valence-corrected chi connectivity index (χ0v) is 15.4. The molecule has 23 heavy (non-hydrogen) atoms. The van der Waals surface area contributed by atoms with E-state index in [1.54, 1.807) is 6.07 Å². The Morgan fingerprint density at radius 2 is 2.00 bits per heavy atom. The van der Waals surface area contributed by atoms with Crippen molar-refractivity contribution in [3.63, 3.8) is 0 Å². The fraction of sp³-hybridized carbons (Fsp3) is 0.611. The van der Waals surface area contributed by atoms with Gasteiger partial charge in [0.05, 0.1) is 0 Å². The summed E-state index contributed by atoms with van der Waals surface area (Å²) in [6.07, 6.45) is 3.58. The van der Waals surface area contributed by atoms with Crippen LogP contribution in [0.4, 0.5) is 0 Å². The Bertz CT molecular complexity index is 498. The summed E-state index contributed by atoms with van der Waals surface area (Å²) >= 11 is 6.07. The van der Waals surface area contributed by atoms with Crippen molar-refractivity contribution in [2.45, 2.75) is 59.0 Å². The van der Waals surface area contributed by atoms with Gasteiger partial charge in [-0.05, 0) is 51.9 Å². The van der Waals surface area contributed by atoms with Crippen molar-refractivity contribution in [2.24, 2.45) is 0 Å². The third-order valence-corrected chi connectivity index (χ3v) is 3.40. The predicted octanol–water partition coefficient (Wildman–Crippen LogP) is 3.91. The van der Waals surface area contributed by atoms with Gasteiger partial charge in [-0.3, -0.25) is 4.79 Å². The fourth-order valence-corrected chi connectivity index (χ4v) is 2.34. The molecule has 0 radical (unpaired) electrons. The number of benzene rings is 1. The van der Waals surface area contributed by atoms with Crippen LogP contribution in [-0.2, 0) is 11.3 Å². The molecule has 1 aromatic carbocycles. The monoisotopic (exact) mass is 340 g/mol. The molecular formula is C18H29ClN2O2. The van der Waals surface area contributed by atoms with Crippen molar-refractivity contribution in [3.8, 4) is 5.75 Å². The molecule has 0 fully saturated rings. The number of carbonyl (C=O) groups excluding carboxylic acids is 1. The summed E-state index contributed by atoms with van der Waals surface area (Å²) in [7, 11) is 0. The Kier molecular flexibility index (Phi) is 8.42. The molecule has 1 rings (SSSR count). The summed E-state index contributed by atoms with van der Waals surface area (Å²) in [6, 6.07) is 5.47. The topological polar surface area (TPSA) is 50.4 Å². The average molecular weight is 341 g/mol. The molecule has 0 saturated carbocycles. The average Bonchev–Trinajstić information content (AvgIpc) is 2.44. The van der Waals surface area contributed by atoms with Crippen LogP contribution >= 0.6 is 11.6 Å². The lowest BCUT2D eigenvalue weighted by Crippen LogP contribution is -2.43. The van der Waals surface area contributed by atoms with Crippen LogP contribution in [0.15, 0.2) is 18.2 Å². The number of hydrogen-bond acceptors (Lipinski definition) is 3. The van der Waals surface area contributed by atoms with Crippen molar-refractivity contribution < 1.29 is 9.53 Å². The van der Waals surface area contributed by atoms with Crippen LogP contribution in [0.3, 0.4) is 0 Å². The zero-order chi connectivity index (χ0) is 17.3. The van der Waals surface area contributed by atoms with E-state index in [9.17, 15) is 4.79 Å². The maximum absolute atomic E-state index is 11.9. The van der Waals surface area contributed by atoms with E-state index >= 15 is 0 Å². The first-order valence-electron chi connectivity index (χ1n) is 8.25. The number of rotatable bonds is 9. The molecule has 1 amide bonds. The number of halogens is 1. The normalized spacial score (nSPS) is 11.3. The molecule has 0 saturated heterocycles. The lowest BCUT2D eigenvalue weighted by molar-refractivity contribution is -0.124. The summed E-state index contributed by atoms with van der Waals surface area (Å²) < 4.78 is 5.67. The van der Waals surface area contributed by atoms with E-state index in [-0.39, 0.29) is 18.1 Å². The van der Waals surface area contributed by atoms with Gasteiger partial charge in [-0.2, -0.15) is 0 Å². The molecule has 0 aliphatic carbocycles. The highest BCUT2D eigenvalue weighted by Crippen LogP contribution is 2.23. The number of ether oxygens (including phenoxy) is 1. The molecule has 0 aliphatic rings. The van der Waals surface area contributed by atoms with Gasteiger partial charge in [-0.15, -0.1) is 0 Å². The van der Waals surface area contributed by atoms with E-state index in [1.807, 2.05) is 32.9 Å². The summed E-state index contributed by atoms with van der Waals surface area (Å²) in [5.74, 6) is 0.566. The van der Waals surface area contributed by atoms with Crippen LogP contribution in [0.1, 0.15) is 52.5 Å². The van der Waals surface area contributed by atoms with Crippen LogP contribution in [0.5, 0.6) is 5.75 Å². The minimum absolute atomic E-state index is 0.00172. The van der Waals surface area contributed by atoms with Gasteiger partial charge in [0.15, 0.2) is 6.61 Å². The largest absolute Gasteiger partial charge is 0.483 e. The van der Waals surface area contributed by atoms with E-state index < -0.39 is 0 Å². The summed E-state index contributed by atoms with van der Waals surface area (Å²) in [5.41, 5.74) is 0.710. The van der Waals surface area contributed by atoms with E-state index in [4.69, 9.17) is 16.3 Å². The number of amides is 1. The number of nitrogens with one attached hydrogen (secondary N) is 2. The highest BCUT2D eigenvalue weighted by atomic mass is 35.5. The van der Waals surface area contributed by atoms with Gasteiger partial charge < -0.3 is 15.4 Å². The van der Waals surface area contributed by atoms with Crippen molar-refractivity contribution in [1.29, 1.82) is 0 Å². The standard InChI is InChI=1S/C18H29ClN2O2/c1-5-6-7-10-20-12-14-11-15(19)8-9-16(14)23-13-17(22)21-18(2,3)4/h8-9,11,20H,5-7,10,12-13H2,1-4H3,(H,21,22). The molecular weight excluding hydrogens is 312 g/mol. The fourth-order valence-electron chi connectivity index (χ4n) is 2.15. The molecule has 4 nitrogen and oxygen atoms in total. The van der Waals surface area contributed by atoms with Gasteiger partial charge in [0, 0.05) is 22.7 Å². The highest BCUT2D eigenvalue weighted by molar-refractivity contribution is 6.30. The first-order valence-corrected chi connectivity index (χ1v) is 8.62. The Morgan fingerprint density at radius 3 is 2.65 bits per heavy atom. The quantitative estimate of drug-likeness (QED) is 0.670. The van der Waals surface area contributed by atoms with Gasteiger partial charge in [0.25, 0.3) is 5.91 Å². The number of hydrogen-bond donors (Lipinski definition) is 2. The highest BCUT2D eigenvalue weighted by Gasteiger charge is 2.14. The predicted molar refractivity (Wildman–Crippen MR) is 96.1 cm³/mol. The molecule has 1 aromatic rings. The van der Waals surface area contributed by atoms with Gasteiger partial charge in [0.2, 0.25) is 0 Å². The Labute approximate surface area is 144 Å². The van der Waals surface area contributed by atoms with Crippen molar-refractivity contribution in [2.75, 3.05) is 13.2 Å². The molecule has 2 N–H and O–H groups in total. The van der Waals surface area contributed by atoms with E-state index in [0.717, 1.165) is 18.5 Å². The molecule has 0 aliphatic heterocycles. The third kappa shape index (κ3) is 8.82. The van der Waals surface area contributed by atoms with Gasteiger partial charge >= 0.3 is 0 Å². The third-order valence-electron chi connectivity index (χ3n) is 3.17. The van der Waals surface area contributed by atoms with Gasteiger partial charge in [-0.25, -0.2) is 0 Å². The van der Waals surface area contributed by atoms with Crippen LogP contribution in [0.2, 0.25) is 5.02 Å². The second-order valence-electron chi connectivity index (χ2n) is 6.72. The second-order valence-corrected chi connectivity index (χ2v) is 7.16. The summed E-state index contributed by atoms with van der Waals surface area (Å²) in [5, 5.41) is 6.94. The first-order chi connectivity index (χ1) is 10.8. The smallest absolute Gasteiger partial charge is 0.258 e. The van der Waals surface area contributed by atoms with E-state index in [2.05, 4.69) is 17.6 Å². The Hall–Kier alpha value is -1.26. The number of unbranched alkanes of at least 4 members (excludes halogenated alkanes) is 2. The van der Waals surface area contributed by atoms with Crippen molar-refractivity contribution >= 4 is 17.5 Å². The molecule has 5 heteroatoms. The molecule has 0 spiro atoms. The van der Waals surface area contributed by atoms with E-state index in [0.29, 0.717) is 17.3 Å². The van der Waals surface area contributed by atoms with Crippen molar-refractivity contribution in [3.05, 3.63) is 28.8 Å². The van der Waals surface area contributed by atoms with Gasteiger partial charge in [0.1, 0.15) is 5.75 Å². The van der Waals surface area contributed by atoms with Gasteiger partial charge in [-0.1, -0.05) is 31.4 Å². The summed E-state index contributed by atoms with van der Waals surface area (Å²) in [4.78, 5) is 11.9. The maximum Gasteiger partial charge on any atom is 0.258 e. The molecule has 0 atom stereocenters. The van der Waals surface area contributed by atoms with Crippen LogP contribution in [0.25, 0.3) is 0 Å². The Balaban J connectivity index is 2.55. The molecule has 0 heterocycles.